The second-order valence-electron chi connectivity index (χ2n) is 4.48. The fourth-order valence-electron chi connectivity index (χ4n) is 2.31. The van der Waals surface area contributed by atoms with Crippen LogP contribution in [-0.4, -0.2) is 55.2 Å². The Hall–Kier alpha value is -1.66. The van der Waals surface area contributed by atoms with Crippen LogP contribution >= 0.6 is 0 Å². The van der Waals surface area contributed by atoms with Crippen molar-refractivity contribution in [2.45, 2.75) is 6.23 Å². The smallest absolute Gasteiger partial charge is 0.284 e. The lowest BCUT2D eigenvalue weighted by Crippen LogP contribution is -2.58. The molecule has 18 heavy (non-hydrogen) atoms. The Morgan fingerprint density at radius 2 is 2.22 bits per heavy atom. The maximum absolute atomic E-state index is 12.3. The van der Waals surface area contributed by atoms with Crippen LogP contribution in [-0.2, 0) is 4.79 Å². The number of fused-ring (bicyclic) bond motifs is 1. The van der Waals surface area contributed by atoms with E-state index in [0.29, 0.717) is 11.6 Å². The Morgan fingerprint density at radius 3 is 3.00 bits per heavy atom. The molecule has 1 unspecified atom stereocenters. The molecule has 2 aliphatic rings. The van der Waals surface area contributed by atoms with Crippen molar-refractivity contribution in [3.63, 3.8) is 0 Å². The van der Waals surface area contributed by atoms with Gasteiger partial charge in [-0.25, -0.2) is 4.98 Å². The molecule has 1 atom stereocenters. The Morgan fingerprint density at radius 1 is 1.44 bits per heavy atom. The first-order valence-corrected chi connectivity index (χ1v) is 6.11. The van der Waals surface area contributed by atoms with Crippen LogP contribution in [0.3, 0.4) is 0 Å². The van der Waals surface area contributed by atoms with Gasteiger partial charge in [0.15, 0.2) is 11.6 Å². The minimum atomic E-state index is -0.520. The summed E-state index contributed by atoms with van der Waals surface area (Å²) < 4.78 is 5.80. The quantitative estimate of drug-likeness (QED) is 0.737. The van der Waals surface area contributed by atoms with Crippen molar-refractivity contribution in [1.82, 2.24) is 15.2 Å². The molecule has 6 nitrogen and oxygen atoms in total. The van der Waals surface area contributed by atoms with Crippen molar-refractivity contribution < 1.29 is 9.53 Å². The number of aromatic nitrogens is 1. The number of nitrogens with zero attached hydrogens (tertiary/aromatic N) is 3. The molecule has 0 radical (unpaired) electrons. The number of nitrogens with one attached hydrogen (secondary N) is 1. The topological polar surface area (TPSA) is 57.7 Å². The molecule has 0 aromatic carbocycles. The van der Waals surface area contributed by atoms with E-state index >= 15 is 0 Å². The van der Waals surface area contributed by atoms with E-state index in [1.54, 1.807) is 18.1 Å². The summed E-state index contributed by atoms with van der Waals surface area (Å²) in [5.74, 6) is 1.21. The average Bonchev–Trinajstić information content (AvgIpc) is 2.44. The predicted octanol–water partition coefficient (Wildman–Crippen LogP) is -0.332. The average molecular weight is 248 g/mol. The van der Waals surface area contributed by atoms with Crippen LogP contribution in [0.15, 0.2) is 18.3 Å². The summed E-state index contributed by atoms with van der Waals surface area (Å²) in [6, 6.07) is 3.66. The summed E-state index contributed by atoms with van der Waals surface area (Å²) in [6.45, 7) is 3.41. The Labute approximate surface area is 106 Å². The van der Waals surface area contributed by atoms with E-state index in [2.05, 4.69) is 15.2 Å². The summed E-state index contributed by atoms with van der Waals surface area (Å²) in [6.07, 6.45) is 1.14. The SMILES string of the molecule is CN1C(=O)C(N2CCNCC2)Oc2cccnc21. The van der Waals surface area contributed by atoms with E-state index in [4.69, 9.17) is 4.74 Å². The highest BCUT2D eigenvalue weighted by molar-refractivity contribution is 5.98. The molecule has 1 aromatic rings. The maximum Gasteiger partial charge on any atom is 0.284 e. The third kappa shape index (κ3) is 1.83. The molecule has 2 aliphatic heterocycles. The van der Waals surface area contributed by atoms with E-state index in [-0.39, 0.29) is 5.91 Å². The van der Waals surface area contributed by atoms with Crippen molar-refractivity contribution in [2.75, 3.05) is 38.1 Å². The van der Waals surface area contributed by atoms with E-state index < -0.39 is 6.23 Å². The largest absolute Gasteiger partial charge is 0.462 e. The Bertz CT molecular complexity index is 459. The van der Waals surface area contributed by atoms with Crippen molar-refractivity contribution in [3.05, 3.63) is 18.3 Å². The number of anilines is 1. The minimum absolute atomic E-state index is 0.0527. The van der Waals surface area contributed by atoms with E-state index in [9.17, 15) is 4.79 Å². The number of ether oxygens (including phenoxy) is 1. The highest BCUT2D eigenvalue weighted by Crippen LogP contribution is 2.31. The molecule has 96 valence electrons. The first-order chi connectivity index (χ1) is 8.77. The van der Waals surface area contributed by atoms with E-state index in [0.717, 1.165) is 26.2 Å². The molecule has 0 bridgehead atoms. The van der Waals surface area contributed by atoms with Gasteiger partial charge in [-0.3, -0.25) is 14.6 Å². The van der Waals surface area contributed by atoms with Gasteiger partial charge in [-0.2, -0.15) is 0 Å². The lowest BCUT2D eigenvalue weighted by atomic mass is 10.2. The lowest BCUT2D eigenvalue weighted by molar-refractivity contribution is -0.135. The van der Waals surface area contributed by atoms with Gasteiger partial charge in [-0.15, -0.1) is 0 Å². The normalized spacial score (nSPS) is 24.6. The van der Waals surface area contributed by atoms with Crippen molar-refractivity contribution >= 4 is 11.7 Å². The third-order valence-electron chi connectivity index (χ3n) is 3.33. The van der Waals surface area contributed by atoms with Crippen LogP contribution in [0.1, 0.15) is 0 Å². The fourth-order valence-corrected chi connectivity index (χ4v) is 2.31. The predicted molar refractivity (Wildman–Crippen MR) is 66.5 cm³/mol. The third-order valence-corrected chi connectivity index (χ3v) is 3.33. The molecule has 1 saturated heterocycles. The standard InChI is InChI=1S/C12H16N4O2/c1-15-10-9(3-2-4-14-10)18-12(11(15)17)16-7-5-13-6-8-16/h2-4,12-13H,5-8H2,1H3. The summed E-state index contributed by atoms with van der Waals surface area (Å²) in [7, 11) is 1.74. The summed E-state index contributed by atoms with van der Waals surface area (Å²) in [5, 5.41) is 3.26. The first-order valence-electron chi connectivity index (χ1n) is 6.11. The zero-order chi connectivity index (χ0) is 12.5. The lowest BCUT2D eigenvalue weighted by Gasteiger charge is -2.38. The molecule has 0 saturated carbocycles. The summed E-state index contributed by atoms with van der Waals surface area (Å²) in [5.41, 5.74) is 0. The van der Waals surface area contributed by atoms with Crippen molar-refractivity contribution in [1.29, 1.82) is 0 Å². The summed E-state index contributed by atoms with van der Waals surface area (Å²) >= 11 is 0. The van der Waals surface area contributed by atoms with Crippen LogP contribution in [0.2, 0.25) is 0 Å². The zero-order valence-electron chi connectivity index (χ0n) is 10.3. The van der Waals surface area contributed by atoms with Crippen molar-refractivity contribution in [2.24, 2.45) is 0 Å². The van der Waals surface area contributed by atoms with Gasteiger partial charge < -0.3 is 10.1 Å². The second kappa shape index (κ2) is 4.55. The van der Waals surface area contributed by atoms with E-state index in [1.165, 1.54) is 0 Å². The van der Waals surface area contributed by atoms with Crippen LogP contribution in [0.25, 0.3) is 0 Å². The highest BCUT2D eigenvalue weighted by atomic mass is 16.5. The molecule has 3 heterocycles. The number of hydrogen-bond donors (Lipinski definition) is 1. The molecule has 1 N–H and O–H groups in total. The molecular weight excluding hydrogens is 232 g/mol. The molecular formula is C12H16N4O2. The molecule has 0 spiro atoms. The van der Waals surface area contributed by atoms with Gasteiger partial charge in [-0.1, -0.05) is 0 Å². The maximum atomic E-state index is 12.3. The van der Waals surface area contributed by atoms with Crippen LogP contribution in [0.4, 0.5) is 5.82 Å². The zero-order valence-corrected chi connectivity index (χ0v) is 10.3. The molecule has 0 aliphatic carbocycles. The van der Waals surface area contributed by atoms with Gasteiger partial charge in [0, 0.05) is 39.4 Å². The van der Waals surface area contributed by atoms with Gasteiger partial charge in [0.1, 0.15) is 0 Å². The van der Waals surface area contributed by atoms with Gasteiger partial charge >= 0.3 is 0 Å². The van der Waals surface area contributed by atoms with E-state index in [1.807, 2.05) is 12.1 Å². The van der Waals surface area contributed by atoms with Gasteiger partial charge in [0.2, 0.25) is 6.23 Å². The fraction of sp³-hybridized carbons (Fsp3) is 0.500. The summed E-state index contributed by atoms with van der Waals surface area (Å²) in [4.78, 5) is 20.1. The first kappa shape index (κ1) is 11.4. The molecule has 3 rings (SSSR count). The number of hydrogen-bond acceptors (Lipinski definition) is 5. The number of piperazine rings is 1. The van der Waals surface area contributed by atoms with Crippen LogP contribution in [0.5, 0.6) is 5.75 Å². The second-order valence-corrected chi connectivity index (χ2v) is 4.48. The molecule has 6 heteroatoms. The van der Waals surface area contributed by atoms with Crippen molar-refractivity contribution in [3.8, 4) is 5.75 Å². The number of likely N-dealkylation sites (N-methyl/N-ethyl adjacent to an activating group) is 1. The monoisotopic (exact) mass is 248 g/mol. The van der Waals surface area contributed by atoms with Gasteiger partial charge in [0.25, 0.3) is 5.91 Å². The number of carbonyl (C=O) groups is 1. The van der Waals surface area contributed by atoms with Gasteiger partial charge in [-0.05, 0) is 12.1 Å². The minimum Gasteiger partial charge on any atom is -0.462 e. The van der Waals surface area contributed by atoms with Gasteiger partial charge in [0.05, 0.1) is 0 Å². The Balaban J connectivity index is 1.88. The number of amides is 1. The number of rotatable bonds is 1. The van der Waals surface area contributed by atoms with Crippen LogP contribution in [0, 0.1) is 0 Å². The number of carbonyl (C=O) groups excluding carboxylic acids is 1. The number of pyridine rings is 1. The molecule has 1 aromatic heterocycles. The Kier molecular flexibility index (Phi) is 2.89. The van der Waals surface area contributed by atoms with Crippen LogP contribution < -0.4 is 15.0 Å². The molecule has 1 fully saturated rings. The highest BCUT2D eigenvalue weighted by Gasteiger charge is 2.37. The molecule has 1 amide bonds.